The molecule has 434 valence electrons. The summed E-state index contributed by atoms with van der Waals surface area (Å²) in [5, 5.41) is 79.0. The minimum Gasteiger partial charge on any atom is -0.481 e. The molecule has 14 unspecified atom stereocenters. The Bertz CT molecular complexity index is 1940. The Morgan fingerprint density at radius 1 is 0.895 bits per heavy atom. The van der Waals surface area contributed by atoms with Crippen LogP contribution in [0.1, 0.15) is 129 Å². The maximum Gasteiger partial charge on any atom is 0.306 e. The molecule has 1 amide bonds. The van der Waals surface area contributed by atoms with Crippen molar-refractivity contribution in [2.24, 2.45) is 29.6 Å². The average molecular weight is 1140 g/mol. The van der Waals surface area contributed by atoms with E-state index in [1.807, 2.05) is 6.92 Å². The summed E-state index contributed by atoms with van der Waals surface area (Å²) in [4.78, 5) is 45.2. The largest absolute Gasteiger partial charge is 0.481 e. The quantitative estimate of drug-likeness (QED) is 0.0792. The average Bonchev–Trinajstić information content (AvgIpc) is 3.41. The number of Topliss-reactive ketones (excluding diaryl/α,β-unsaturated/α-hetero) is 1. The third-order valence-corrected chi connectivity index (χ3v) is 18.0. The summed E-state index contributed by atoms with van der Waals surface area (Å²) in [5.74, 6) is -3.85. The van der Waals surface area contributed by atoms with Crippen molar-refractivity contribution >= 4 is 33.6 Å². The highest BCUT2D eigenvalue weighted by Gasteiger charge is 2.56. The molecule has 1 aromatic rings. The third-order valence-electron chi connectivity index (χ3n) is 17.2. The number of halogens is 1. The summed E-state index contributed by atoms with van der Waals surface area (Å²) in [6.45, 7) is 16.2. The van der Waals surface area contributed by atoms with Gasteiger partial charge in [-0.15, -0.1) is 0 Å². The normalized spacial score (nSPS) is 34.8. The van der Waals surface area contributed by atoms with Crippen molar-refractivity contribution in [3.63, 3.8) is 0 Å². The first kappa shape index (κ1) is 62.9. The summed E-state index contributed by atoms with van der Waals surface area (Å²) < 4.78 is 27.1. The molecule has 19 nitrogen and oxygen atoms in total. The number of hydrogen-bond acceptors (Lipinski definition) is 17. The van der Waals surface area contributed by atoms with E-state index in [1.54, 1.807) is 13.8 Å². The summed E-state index contributed by atoms with van der Waals surface area (Å²) in [7, 11) is 2.19. The van der Waals surface area contributed by atoms with Gasteiger partial charge in [-0.1, -0.05) is 73.5 Å². The molecule has 76 heavy (non-hydrogen) atoms. The van der Waals surface area contributed by atoms with E-state index in [0.717, 1.165) is 114 Å². The smallest absolute Gasteiger partial charge is 0.306 e. The molecule has 6 rings (SSSR count). The van der Waals surface area contributed by atoms with Gasteiger partial charge in [0.25, 0.3) is 0 Å². The highest BCUT2D eigenvalue weighted by Crippen LogP contribution is 2.47. The number of aliphatic carboxylic acids is 1. The van der Waals surface area contributed by atoms with Gasteiger partial charge in [0.05, 0.1) is 42.5 Å². The maximum absolute atomic E-state index is 14.4. The monoisotopic (exact) mass is 1140 g/mol. The van der Waals surface area contributed by atoms with Gasteiger partial charge in [-0.2, -0.15) is 0 Å². The minimum absolute atomic E-state index is 0.0145. The van der Waals surface area contributed by atoms with E-state index in [2.05, 4.69) is 72.2 Å². The lowest BCUT2D eigenvalue weighted by molar-refractivity contribution is -0.358. The second kappa shape index (κ2) is 31.1. The Labute approximate surface area is 460 Å². The fourth-order valence-electron chi connectivity index (χ4n) is 12.5. The van der Waals surface area contributed by atoms with Crippen LogP contribution in [0.2, 0.25) is 0 Å². The van der Waals surface area contributed by atoms with E-state index >= 15 is 0 Å². The van der Waals surface area contributed by atoms with Crippen LogP contribution in [0.5, 0.6) is 0 Å². The van der Waals surface area contributed by atoms with Gasteiger partial charge in [0.15, 0.2) is 12.6 Å². The minimum atomic E-state index is -1.63. The van der Waals surface area contributed by atoms with E-state index in [4.69, 9.17) is 18.9 Å². The second-order valence-corrected chi connectivity index (χ2v) is 23.8. The predicted molar refractivity (Wildman–Crippen MR) is 291 cm³/mol. The molecule has 3 aliphatic heterocycles. The lowest BCUT2D eigenvalue weighted by Crippen LogP contribution is -2.66. The Kier molecular flexibility index (Phi) is 25.8. The molecule has 0 aromatic heterocycles. The van der Waals surface area contributed by atoms with Crippen LogP contribution < -0.4 is 21.3 Å². The number of ether oxygens (including phenoxy) is 4. The topological polar surface area (TPSA) is 264 Å². The number of hydrogen-bond donors (Lipinski definition) is 10. The van der Waals surface area contributed by atoms with Crippen molar-refractivity contribution in [3.8, 4) is 0 Å². The van der Waals surface area contributed by atoms with Crippen molar-refractivity contribution < 1.29 is 64.0 Å². The summed E-state index contributed by atoms with van der Waals surface area (Å²) >= 11 is 3.86. The van der Waals surface area contributed by atoms with Crippen molar-refractivity contribution in [2.45, 2.75) is 198 Å². The van der Waals surface area contributed by atoms with Gasteiger partial charge in [0.1, 0.15) is 30.2 Å². The SMILES string of the molecule is CCC1CC(C(=O)CCCNCc2ccc(CN3CCCN(C)CCNCCCNCC3)c(Br)c2)CC(OC2OC(CO)C(O)C(C[C@@H](CC3CCCCC3)C(=O)O)C2NC(C)=O)C1(C)OC1OC(C)C(O)C(O)C1O. The van der Waals surface area contributed by atoms with Gasteiger partial charge in [0, 0.05) is 68.9 Å². The molecule has 3 heterocycles. The molecule has 5 fully saturated rings. The van der Waals surface area contributed by atoms with Gasteiger partial charge in [-0.25, -0.2) is 0 Å². The molecular weight excluding hydrogens is 1040 g/mol. The van der Waals surface area contributed by atoms with Crippen molar-refractivity contribution in [3.05, 3.63) is 33.8 Å². The standard InChI is InChI=1S/C56H95BrN6O13/c1-6-42-29-40(45(66)15-10-18-60-32-38-16-17-39(44(57)28-38)33-63-24-12-23-62(5)25-21-58-19-11-20-59-22-26-63)31-47(56(42,4)76-55-52(70)51(69)49(67)35(2)73-55)75-54-48(61-36(3)65)43(50(68)46(34-64)74-54)30-41(53(71)72)27-37-13-8-7-9-14-37/h16-17,28,35,37,40-43,46-52,54-55,58-60,64,67-70H,6-15,18-27,29-34H2,1-5H3,(H,61,65)(H,71,72)/t35?,40?,41-,42?,43?,46?,47?,48?,49?,50?,51?,52?,54?,55?,56?/m1/s1. The molecule has 5 aliphatic rings. The van der Waals surface area contributed by atoms with Gasteiger partial charge >= 0.3 is 5.97 Å². The number of carbonyl (C=O) groups is 3. The van der Waals surface area contributed by atoms with Crippen LogP contribution in [-0.4, -0.2) is 198 Å². The number of carboxylic acids is 1. The molecule has 3 saturated heterocycles. The summed E-state index contributed by atoms with van der Waals surface area (Å²) in [6, 6.07) is 5.46. The first-order valence-corrected chi connectivity index (χ1v) is 29.5. The Hall–Kier alpha value is -2.25. The fraction of sp³-hybridized carbons (Fsp3) is 0.839. The van der Waals surface area contributed by atoms with E-state index in [9.17, 15) is 45.0 Å². The third kappa shape index (κ3) is 17.9. The maximum atomic E-state index is 14.4. The number of benzene rings is 1. The van der Waals surface area contributed by atoms with Crippen LogP contribution in [0.25, 0.3) is 0 Å². The summed E-state index contributed by atoms with van der Waals surface area (Å²) in [5.41, 5.74) is 1.05. The predicted octanol–water partition coefficient (Wildman–Crippen LogP) is 3.28. The van der Waals surface area contributed by atoms with Crippen molar-refractivity contribution in [1.82, 2.24) is 31.1 Å². The van der Waals surface area contributed by atoms with Crippen molar-refractivity contribution in [2.75, 3.05) is 72.6 Å². The molecular formula is C56H95BrN6O13. The van der Waals surface area contributed by atoms with Crippen LogP contribution in [0.15, 0.2) is 22.7 Å². The zero-order valence-electron chi connectivity index (χ0n) is 46.1. The van der Waals surface area contributed by atoms with Gasteiger partial charge < -0.3 is 75.8 Å². The van der Waals surface area contributed by atoms with E-state index in [0.29, 0.717) is 38.8 Å². The number of amides is 1. The highest BCUT2D eigenvalue weighted by molar-refractivity contribution is 9.10. The van der Waals surface area contributed by atoms with Crippen LogP contribution in [-0.2, 0) is 46.4 Å². The molecule has 2 saturated carbocycles. The van der Waals surface area contributed by atoms with Crippen LogP contribution >= 0.6 is 15.9 Å². The second-order valence-electron chi connectivity index (χ2n) is 23.0. The highest BCUT2D eigenvalue weighted by atomic mass is 79.9. The Morgan fingerprint density at radius 2 is 1.63 bits per heavy atom. The van der Waals surface area contributed by atoms with Gasteiger partial charge in [-0.3, -0.25) is 19.3 Å². The number of carboxylic acid groups (broad SMARTS) is 1. The molecule has 0 bridgehead atoms. The Morgan fingerprint density at radius 3 is 2.32 bits per heavy atom. The number of aliphatic hydroxyl groups excluding tert-OH is 5. The number of nitrogens with zero attached hydrogens (tertiary/aromatic N) is 2. The molecule has 20 heteroatoms. The molecule has 0 radical (unpaired) electrons. The number of aliphatic hydroxyl groups is 5. The molecule has 2 aliphatic carbocycles. The van der Waals surface area contributed by atoms with E-state index < -0.39 is 103 Å². The first-order valence-electron chi connectivity index (χ1n) is 28.7. The van der Waals surface area contributed by atoms with Crippen molar-refractivity contribution in [1.29, 1.82) is 0 Å². The lowest BCUT2D eigenvalue weighted by atomic mass is 9.67. The molecule has 0 spiro atoms. The lowest BCUT2D eigenvalue weighted by Gasteiger charge is -2.54. The van der Waals surface area contributed by atoms with Gasteiger partial charge in [-0.05, 0) is 128 Å². The number of likely N-dealkylation sites (N-methyl/N-ethyl adjacent to an activating group) is 1. The first-order chi connectivity index (χ1) is 36.4. The summed E-state index contributed by atoms with van der Waals surface area (Å²) in [6.07, 6.45) is -2.21. The van der Waals surface area contributed by atoms with Crippen LogP contribution in [0, 0.1) is 29.6 Å². The number of carbonyl (C=O) groups excluding carboxylic acids is 2. The Balaban J connectivity index is 1.13. The molecule has 1 aromatic carbocycles. The fourth-order valence-corrected chi connectivity index (χ4v) is 13.1. The van der Waals surface area contributed by atoms with Gasteiger partial charge in [0.2, 0.25) is 5.91 Å². The van der Waals surface area contributed by atoms with Crippen LogP contribution in [0.3, 0.4) is 0 Å². The van der Waals surface area contributed by atoms with Crippen LogP contribution in [0.4, 0.5) is 0 Å². The zero-order valence-corrected chi connectivity index (χ0v) is 47.7. The molecule has 15 atom stereocenters. The van der Waals surface area contributed by atoms with E-state index in [-0.39, 0.29) is 36.9 Å². The number of rotatable bonds is 21. The number of ketones is 1. The molecule has 10 N–H and O–H groups in total. The number of nitrogens with one attached hydrogen (secondary N) is 4. The zero-order chi connectivity index (χ0) is 54.9. The van der Waals surface area contributed by atoms with E-state index in [1.165, 1.54) is 12.5 Å².